The minimum Gasteiger partial charge on any atom is -0.460 e. The summed E-state index contributed by atoms with van der Waals surface area (Å²) in [7, 11) is 0. The number of ether oxygens (including phenoxy) is 1. The molecular formula is C27H25FN2O2. The summed E-state index contributed by atoms with van der Waals surface area (Å²) in [6.07, 6.45) is 6.43. The van der Waals surface area contributed by atoms with Crippen molar-refractivity contribution in [1.29, 1.82) is 0 Å². The van der Waals surface area contributed by atoms with Crippen LogP contribution in [0.3, 0.4) is 0 Å². The molecule has 5 rings (SSSR count). The minimum atomic E-state index is -0.559. The van der Waals surface area contributed by atoms with E-state index in [1.54, 1.807) is 24.7 Å². The van der Waals surface area contributed by atoms with Crippen LogP contribution in [0.1, 0.15) is 49.9 Å². The van der Waals surface area contributed by atoms with E-state index in [1.165, 1.54) is 11.6 Å². The molecule has 0 N–H and O–H groups in total. The van der Waals surface area contributed by atoms with Crippen LogP contribution in [-0.4, -0.2) is 21.5 Å². The van der Waals surface area contributed by atoms with Crippen LogP contribution in [0.4, 0.5) is 4.39 Å². The second-order valence-corrected chi connectivity index (χ2v) is 9.42. The zero-order valence-electron chi connectivity index (χ0n) is 18.4. The van der Waals surface area contributed by atoms with E-state index in [4.69, 9.17) is 4.74 Å². The maximum Gasteiger partial charge on any atom is 0.310 e. The molecule has 0 radical (unpaired) electrons. The Labute approximate surface area is 186 Å². The molecule has 2 unspecified atom stereocenters. The molecule has 3 aromatic carbocycles. The second-order valence-electron chi connectivity index (χ2n) is 9.42. The first-order valence-corrected chi connectivity index (χ1v) is 10.9. The Hall–Kier alpha value is -3.34. The van der Waals surface area contributed by atoms with Crippen molar-refractivity contribution in [1.82, 2.24) is 9.97 Å². The van der Waals surface area contributed by atoms with Crippen molar-refractivity contribution >= 4 is 27.5 Å². The standard InChI is InChI=1S/C27H25FN2O2/c1-27(2,3)32-26(31)22-12-9-19-18-7-10-20-16(5-4-6-23(20)28)17(18)8-11-21(19)25(22)24-15-29-13-14-30-24/h4-8,10-11,13-15,22,25H,9,12H2,1-3H3. The fourth-order valence-electron chi connectivity index (χ4n) is 4.94. The maximum atomic E-state index is 14.3. The Balaban J connectivity index is 1.69. The highest BCUT2D eigenvalue weighted by atomic mass is 19.1. The van der Waals surface area contributed by atoms with Gasteiger partial charge in [0.2, 0.25) is 0 Å². The number of fused-ring (bicyclic) bond motifs is 5. The average Bonchev–Trinajstić information content (AvgIpc) is 2.77. The molecule has 0 spiro atoms. The molecule has 0 saturated heterocycles. The van der Waals surface area contributed by atoms with Gasteiger partial charge in [-0.1, -0.05) is 36.4 Å². The molecule has 4 aromatic rings. The Kier molecular flexibility index (Phi) is 4.92. The summed E-state index contributed by atoms with van der Waals surface area (Å²) in [5.74, 6) is -1.01. The van der Waals surface area contributed by atoms with Crippen molar-refractivity contribution in [2.75, 3.05) is 0 Å². The highest BCUT2D eigenvalue weighted by Crippen LogP contribution is 2.44. The number of aryl methyl sites for hydroxylation is 1. The summed E-state index contributed by atoms with van der Waals surface area (Å²) in [6, 6.07) is 13.2. The van der Waals surface area contributed by atoms with Gasteiger partial charge >= 0.3 is 5.97 Å². The van der Waals surface area contributed by atoms with Gasteiger partial charge < -0.3 is 4.74 Å². The van der Waals surface area contributed by atoms with Gasteiger partial charge in [0.1, 0.15) is 11.4 Å². The average molecular weight is 429 g/mol. The first-order valence-electron chi connectivity index (χ1n) is 10.9. The van der Waals surface area contributed by atoms with E-state index in [0.717, 1.165) is 33.8 Å². The van der Waals surface area contributed by atoms with Crippen molar-refractivity contribution in [2.24, 2.45) is 5.92 Å². The topological polar surface area (TPSA) is 52.1 Å². The van der Waals surface area contributed by atoms with Crippen LogP contribution in [0.15, 0.2) is 61.1 Å². The predicted molar refractivity (Wildman–Crippen MR) is 123 cm³/mol. The van der Waals surface area contributed by atoms with Gasteiger partial charge in [-0.15, -0.1) is 0 Å². The highest BCUT2D eigenvalue weighted by Gasteiger charge is 2.39. The molecule has 1 aromatic heterocycles. The van der Waals surface area contributed by atoms with Crippen molar-refractivity contribution in [3.63, 3.8) is 0 Å². The fourth-order valence-corrected chi connectivity index (χ4v) is 4.94. The third-order valence-corrected chi connectivity index (χ3v) is 6.21. The maximum absolute atomic E-state index is 14.3. The third-order valence-electron chi connectivity index (χ3n) is 6.21. The summed E-state index contributed by atoms with van der Waals surface area (Å²) in [5.41, 5.74) is 2.45. The van der Waals surface area contributed by atoms with E-state index >= 15 is 0 Å². The van der Waals surface area contributed by atoms with Crippen molar-refractivity contribution < 1.29 is 13.9 Å². The minimum absolute atomic E-state index is 0.209. The summed E-state index contributed by atoms with van der Waals surface area (Å²) >= 11 is 0. The molecule has 5 heteroatoms. The lowest BCUT2D eigenvalue weighted by Gasteiger charge is -2.34. The Morgan fingerprint density at radius 3 is 2.50 bits per heavy atom. The molecule has 4 nitrogen and oxygen atoms in total. The highest BCUT2D eigenvalue weighted by molar-refractivity contribution is 6.09. The number of halogens is 1. The van der Waals surface area contributed by atoms with Gasteiger partial charge in [0.25, 0.3) is 0 Å². The zero-order valence-corrected chi connectivity index (χ0v) is 18.4. The van der Waals surface area contributed by atoms with E-state index in [9.17, 15) is 9.18 Å². The summed E-state index contributed by atoms with van der Waals surface area (Å²) in [4.78, 5) is 22.0. The summed E-state index contributed by atoms with van der Waals surface area (Å²) < 4.78 is 20.1. The summed E-state index contributed by atoms with van der Waals surface area (Å²) in [5, 5.41) is 3.63. The number of hydrogen-bond acceptors (Lipinski definition) is 4. The zero-order chi connectivity index (χ0) is 22.5. The fraction of sp³-hybridized carbons (Fsp3) is 0.296. The lowest BCUT2D eigenvalue weighted by molar-refractivity contribution is -0.161. The largest absolute Gasteiger partial charge is 0.460 e. The molecule has 1 heterocycles. The molecule has 0 fully saturated rings. The van der Waals surface area contributed by atoms with Crippen LogP contribution in [0, 0.1) is 11.7 Å². The normalized spacial score (nSPS) is 18.5. The Morgan fingerprint density at radius 1 is 1.00 bits per heavy atom. The quantitative estimate of drug-likeness (QED) is 0.292. The second kappa shape index (κ2) is 7.66. The van der Waals surface area contributed by atoms with E-state index in [2.05, 4.69) is 16.0 Å². The van der Waals surface area contributed by atoms with Gasteiger partial charge in [-0.25, -0.2) is 4.39 Å². The van der Waals surface area contributed by atoms with Gasteiger partial charge in [0.05, 0.1) is 11.6 Å². The van der Waals surface area contributed by atoms with Crippen LogP contribution in [0.25, 0.3) is 21.5 Å². The number of nitrogens with zero attached hydrogens (tertiary/aromatic N) is 2. The van der Waals surface area contributed by atoms with Crippen LogP contribution in [0.5, 0.6) is 0 Å². The number of hydrogen-bond donors (Lipinski definition) is 0. The first-order chi connectivity index (χ1) is 15.3. The molecular weight excluding hydrogens is 403 g/mol. The Bertz CT molecular complexity index is 1330. The Morgan fingerprint density at radius 2 is 1.75 bits per heavy atom. The molecule has 1 aliphatic rings. The van der Waals surface area contributed by atoms with Crippen molar-refractivity contribution in [3.05, 3.63) is 83.7 Å². The summed E-state index contributed by atoms with van der Waals surface area (Å²) in [6.45, 7) is 5.66. The van der Waals surface area contributed by atoms with Crippen LogP contribution in [-0.2, 0) is 16.0 Å². The van der Waals surface area contributed by atoms with E-state index in [-0.39, 0.29) is 23.6 Å². The molecule has 0 amide bonds. The van der Waals surface area contributed by atoms with Crippen molar-refractivity contribution in [3.8, 4) is 0 Å². The smallest absolute Gasteiger partial charge is 0.310 e. The number of esters is 1. The van der Waals surface area contributed by atoms with Crippen molar-refractivity contribution in [2.45, 2.75) is 45.1 Å². The van der Waals surface area contributed by atoms with Crippen LogP contribution >= 0.6 is 0 Å². The van der Waals surface area contributed by atoms with Gasteiger partial charge in [-0.05, 0) is 67.0 Å². The van der Waals surface area contributed by atoms with E-state index in [0.29, 0.717) is 11.8 Å². The number of carbonyl (C=O) groups is 1. The van der Waals surface area contributed by atoms with Gasteiger partial charge in [-0.3, -0.25) is 14.8 Å². The van der Waals surface area contributed by atoms with Gasteiger partial charge in [0.15, 0.2) is 0 Å². The van der Waals surface area contributed by atoms with Gasteiger partial charge in [-0.2, -0.15) is 0 Å². The van der Waals surface area contributed by atoms with Gasteiger partial charge in [0, 0.05) is 29.9 Å². The first kappa shape index (κ1) is 20.6. The predicted octanol–water partition coefficient (Wildman–Crippen LogP) is 5.96. The van der Waals surface area contributed by atoms with E-state index < -0.39 is 5.60 Å². The van der Waals surface area contributed by atoms with Crippen LogP contribution < -0.4 is 0 Å². The van der Waals surface area contributed by atoms with E-state index in [1.807, 2.05) is 45.0 Å². The molecule has 2 atom stereocenters. The molecule has 0 saturated carbocycles. The number of rotatable bonds is 2. The molecule has 0 aliphatic heterocycles. The monoisotopic (exact) mass is 428 g/mol. The SMILES string of the molecule is CC(C)(C)OC(=O)C1CCc2c(ccc3c2ccc2c(F)cccc23)C1c1cnccn1. The third kappa shape index (κ3) is 3.52. The molecule has 0 bridgehead atoms. The molecule has 1 aliphatic carbocycles. The molecule has 32 heavy (non-hydrogen) atoms. The lowest BCUT2D eigenvalue weighted by atomic mass is 9.72. The number of carbonyl (C=O) groups excluding carboxylic acids is 1. The van der Waals surface area contributed by atoms with Crippen LogP contribution in [0.2, 0.25) is 0 Å². The molecule has 162 valence electrons. The lowest BCUT2D eigenvalue weighted by Crippen LogP contribution is -2.35. The number of benzene rings is 3. The number of aromatic nitrogens is 2.